The SMILES string of the molecule is O=C(c1ccc(Cl)cn1)N1CCCCc2ccccc2OC[C@@H](O)[C@@H](O)CC1. The van der Waals surface area contributed by atoms with E-state index in [1.165, 1.54) is 6.20 Å². The molecule has 2 aromatic rings. The molecule has 0 bridgehead atoms. The summed E-state index contributed by atoms with van der Waals surface area (Å²) in [6, 6.07) is 10.9. The van der Waals surface area contributed by atoms with Gasteiger partial charge in [-0.05, 0) is 49.4 Å². The van der Waals surface area contributed by atoms with Crippen LogP contribution < -0.4 is 4.74 Å². The van der Waals surface area contributed by atoms with Crippen molar-refractivity contribution in [3.8, 4) is 5.75 Å². The van der Waals surface area contributed by atoms with Gasteiger partial charge in [-0.2, -0.15) is 0 Å². The van der Waals surface area contributed by atoms with E-state index >= 15 is 0 Å². The van der Waals surface area contributed by atoms with Crippen molar-refractivity contribution in [2.24, 2.45) is 0 Å². The zero-order valence-corrected chi connectivity index (χ0v) is 16.4. The molecule has 1 aromatic heterocycles. The number of aliphatic hydroxyl groups excluding tert-OH is 2. The molecule has 7 heteroatoms. The number of carbonyl (C=O) groups is 1. The first-order chi connectivity index (χ1) is 13.5. The van der Waals surface area contributed by atoms with Gasteiger partial charge in [-0.1, -0.05) is 29.8 Å². The Morgan fingerprint density at radius 1 is 1.11 bits per heavy atom. The van der Waals surface area contributed by atoms with Crippen LogP contribution in [0, 0.1) is 0 Å². The Kier molecular flexibility index (Phi) is 7.25. The van der Waals surface area contributed by atoms with E-state index in [1.54, 1.807) is 17.0 Å². The van der Waals surface area contributed by atoms with Crippen LogP contribution in [0.25, 0.3) is 0 Å². The van der Waals surface area contributed by atoms with E-state index in [0.29, 0.717) is 23.8 Å². The Bertz CT molecular complexity index is 784. The summed E-state index contributed by atoms with van der Waals surface area (Å²) in [6.45, 7) is 0.883. The maximum absolute atomic E-state index is 12.8. The molecular formula is C21H25ClN2O4. The molecule has 2 atom stereocenters. The molecule has 0 saturated carbocycles. The lowest BCUT2D eigenvalue weighted by atomic mass is 10.1. The Morgan fingerprint density at radius 2 is 1.93 bits per heavy atom. The van der Waals surface area contributed by atoms with E-state index in [0.717, 1.165) is 30.6 Å². The zero-order valence-electron chi connectivity index (χ0n) is 15.6. The summed E-state index contributed by atoms with van der Waals surface area (Å²) in [7, 11) is 0. The summed E-state index contributed by atoms with van der Waals surface area (Å²) in [5.41, 5.74) is 1.37. The first-order valence-electron chi connectivity index (χ1n) is 9.52. The van der Waals surface area contributed by atoms with Crippen molar-refractivity contribution in [1.82, 2.24) is 9.88 Å². The third-order valence-corrected chi connectivity index (χ3v) is 5.10. The molecule has 6 nitrogen and oxygen atoms in total. The predicted octanol–water partition coefficient (Wildman–Crippen LogP) is 2.70. The third-order valence-electron chi connectivity index (χ3n) is 4.88. The highest BCUT2D eigenvalue weighted by Gasteiger charge is 2.22. The van der Waals surface area contributed by atoms with Crippen LogP contribution >= 0.6 is 11.6 Å². The van der Waals surface area contributed by atoms with Crippen molar-refractivity contribution >= 4 is 17.5 Å². The van der Waals surface area contributed by atoms with Crippen LogP contribution in [-0.4, -0.2) is 57.9 Å². The number of aliphatic hydroxyl groups is 2. The highest BCUT2D eigenvalue weighted by atomic mass is 35.5. The van der Waals surface area contributed by atoms with Crippen LogP contribution in [0.4, 0.5) is 0 Å². The van der Waals surface area contributed by atoms with Crippen LogP contribution in [0.1, 0.15) is 35.3 Å². The maximum atomic E-state index is 12.8. The predicted molar refractivity (Wildman–Crippen MR) is 107 cm³/mol. The van der Waals surface area contributed by atoms with E-state index in [2.05, 4.69) is 4.98 Å². The third kappa shape index (κ3) is 5.44. The topological polar surface area (TPSA) is 82.9 Å². The highest BCUT2D eigenvalue weighted by Crippen LogP contribution is 2.21. The number of nitrogens with zero attached hydrogens (tertiary/aromatic N) is 2. The number of fused-ring (bicyclic) bond motifs is 1. The maximum Gasteiger partial charge on any atom is 0.272 e. The number of aryl methyl sites for hydroxylation is 1. The van der Waals surface area contributed by atoms with Gasteiger partial charge in [0.1, 0.15) is 24.2 Å². The van der Waals surface area contributed by atoms with Crippen molar-refractivity contribution in [2.75, 3.05) is 19.7 Å². The number of ether oxygens (including phenoxy) is 1. The Balaban J connectivity index is 1.74. The Labute approximate surface area is 169 Å². The van der Waals surface area contributed by atoms with Crippen LogP contribution in [0.15, 0.2) is 42.6 Å². The summed E-state index contributed by atoms with van der Waals surface area (Å²) < 4.78 is 5.73. The quantitative estimate of drug-likeness (QED) is 0.763. The van der Waals surface area contributed by atoms with Crippen molar-refractivity contribution in [2.45, 2.75) is 37.9 Å². The summed E-state index contributed by atoms with van der Waals surface area (Å²) >= 11 is 5.85. The lowest BCUT2D eigenvalue weighted by Gasteiger charge is -2.25. The van der Waals surface area contributed by atoms with Crippen LogP contribution in [0.2, 0.25) is 5.02 Å². The first-order valence-corrected chi connectivity index (χ1v) is 9.90. The molecule has 0 fully saturated rings. The number of benzene rings is 1. The second-order valence-electron chi connectivity index (χ2n) is 6.95. The average Bonchev–Trinajstić information content (AvgIpc) is 2.72. The molecule has 1 amide bonds. The monoisotopic (exact) mass is 404 g/mol. The number of para-hydroxylation sites is 1. The van der Waals surface area contributed by atoms with Gasteiger partial charge in [0.15, 0.2) is 0 Å². The van der Waals surface area contributed by atoms with Crippen LogP contribution in [0.3, 0.4) is 0 Å². The zero-order chi connectivity index (χ0) is 19.9. The molecule has 3 rings (SSSR count). The molecule has 0 spiro atoms. The van der Waals surface area contributed by atoms with Gasteiger partial charge >= 0.3 is 0 Å². The number of hydrogen-bond acceptors (Lipinski definition) is 5. The van der Waals surface area contributed by atoms with E-state index in [9.17, 15) is 15.0 Å². The van der Waals surface area contributed by atoms with E-state index in [1.807, 2.05) is 24.3 Å². The second kappa shape index (κ2) is 9.87. The summed E-state index contributed by atoms with van der Waals surface area (Å²) in [5, 5.41) is 21.0. The number of carbonyl (C=O) groups excluding carboxylic acids is 1. The van der Waals surface area contributed by atoms with Gasteiger partial charge in [0, 0.05) is 19.3 Å². The lowest BCUT2D eigenvalue weighted by molar-refractivity contribution is -0.0150. The van der Waals surface area contributed by atoms with Crippen LogP contribution in [0.5, 0.6) is 5.75 Å². The molecule has 1 aliphatic heterocycles. The minimum absolute atomic E-state index is 0.00483. The minimum atomic E-state index is -1.03. The minimum Gasteiger partial charge on any atom is -0.491 e. The van der Waals surface area contributed by atoms with Crippen molar-refractivity contribution < 1.29 is 19.7 Å². The number of pyridine rings is 1. The standard InChI is InChI=1S/C21H25ClN2O4/c22-16-8-9-17(23-13-16)21(27)24-11-4-3-6-15-5-1-2-7-20(15)28-14-19(26)18(25)10-12-24/h1-2,5,7-9,13,18-19,25-26H,3-4,6,10-12,14H2/t18-,19+/m0/s1. The van der Waals surface area contributed by atoms with Gasteiger partial charge in [-0.25, -0.2) is 4.98 Å². The molecule has 0 radical (unpaired) electrons. The molecule has 1 aliphatic rings. The number of aromatic nitrogens is 1. The average molecular weight is 405 g/mol. The Hall–Kier alpha value is -2.15. The molecule has 1 aromatic carbocycles. The smallest absolute Gasteiger partial charge is 0.272 e. The first kappa shape index (κ1) is 20.6. The fraction of sp³-hybridized carbons (Fsp3) is 0.429. The number of hydrogen-bond donors (Lipinski definition) is 2. The fourth-order valence-corrected chi connectivity index (χ4v) is 3.33. The molecule has 0 saturated heterocycles. The van der Waals surface area contributed by atoms with Crippen molar-refractivity contribution in [3.63, 3.8) is 0 Å². The molecular weight excluding hydrogens is 380 g/mol. The summed E-state index contributed by atoms with van der Waals surface area (Å²) in [6.07, 6.45) is 2.21. The van der Waals surface area contributed by atoms with Gasteiger partial charge in [-0.3, -0.25) is 4.79 Å². The van der Waals surface area contributed by atoms with Gasteiger partial charge in [-0.15, -0.1) is 0 Å². The summed E-state index contributed by atoms with van der Waals surface area (Å²) in [5.74, 6) is 0.524. The van der Waals surface area contributed by atoms with Gasteiger partial charge in [0.2, 0.25) is 0 Å². The lowest BCUT2D eigenvalue weighted by Crippen LogP contribution is -2.38. The molecule has 0 aliphatic carbocycles. The summed E-state index contributed by atoms with van der Waals surface area (Å²) in [4.78, 5) is 18.6. The van der Waals surface area contributed by atoms with E-state index in [4.69, 9.17) is 16.3 Å². The number of rotatable bonds is 1. The largest absolute Gasteiger partial charge is 0.491 e. The number of halogens is 1. The second-order valence-corrected chi connectivity index (χ2v) is 7.39. The number of amides is 1. The van der Waals surface area contributed by atoms with Gasteiger partial charge in [0.25, 0.3) is 5.91 Å². The molecule has 28 heavy (non-hydrogen) atoms. The highest BCUT2D eigenvalue weighted by molar-refractivity contribution is 6.30. The molecule has 2 N–H and O–H groups in total. The van der Waals surface area contributed by atoms with Gasteiger partial charge < -0.3 is 19.8 Å². The van der Waals surface area contributed by atoms with Crippen LogP contribution in [-0.2, 0) is 6.42 Å². The fourth-order valence-electron chi connectivity index (χ4n) is 3.22. The van der Waals surface area contributed by atoms with Gasteiger partial charge in [0.05, 0.1) is 11.1 Å². The van der Waals surface area contributed by atoms with Crippen molar-refractivity contribution in [3.05, 3.63) is 58.9 Å². The van der Waals surface area contributed by atoms with E-state index in [-0.39, 0.29) is 18.9 Å². The molecule has 2 heterocycles. The van der Waals surface area contributed by atoms with E-state index < -0.39 is 12.2 Å². The molecule has 0 unspecified atom stereocenters. The normalized spacial score (nSPS) is 21.5. The molecule has 150 valence electrons. The Morgan fingerprint density at radius 3 is 2.71 bits per heavy atom. The van der Waals surface area contributed by atoms with Crippen molar-refractivity contribution in [1.29, 1.82) is 0 Å².